The summed E-state index contributed by atoms with van der Waals surface area (Å²) >= 11 is 0. The zero-order valence-corrected chi connectivity index (χ0v) is 8.06. The van der Waals surface area contributed by atoms with Gasteiger partial charge in [-0.1, -0.05) is 12.2 Å². The molecule has 3 nitrogen and oxygen atoms in total. The lowest BCUT2D eigenvalue weighted by Gasteiger charge is -2.18. The molecule has 0 amide bonds. The molecule has 13 heavy (non-hydrogen) atoms. The molecule has 0 radical (unpaired) electrons. The van der Waals surface area contributed by atoms with E-state index in [1.54, 1.807) is 19.9 Å². The van der Waals surface area contributed by atoms with E-state index < -0.39 is 18.0 Å². The van der Waals surface area contributed by atoms with Gasteiger partial charge in [0.1, 0.15) is 18.3 Å². The van der Waals surface area contributed by atoms with Crippen molar-refractivity contribution in [3.05, 3.63) is 25.3 Å². The predicted molar refractivity (Wildman–Crippen MR) is 50.2 cm³/mol. The van der Waals surface area contributed by atoms with E-state index in [0.29, 0.717) is 0 Å². The average molecular weight is 184 g/mol. The minimum Gasteiger partial charge on any atom is -0.386 e. The van der Waals surface area contributed by atoms with Crippen LogP contribution in [0.5, 0.6) is 0 Å². The first kappa shape index (κ1) is 10.4. The van der Waals surface area contributed by atoms with Gasteiger partial charge in [0.25, 0.3) is 0 Å². The van der Waals surface area contributed by atoms with Crippen LogP contribution in [-0.2, 0) is 9.47 Å². The van der Waals surface area contributed by atoms with E-state index in [9.17, 15) is 5.11 Å². The van der Waals surface area contributed by atoms with E-state index in [2.05, 4.69) is 13.2 Å². The highest BCUT2D eigenvalue weighted by Gasteiger charge is 2.42. The summed E-state index contributed by atoms with van der Waals surface area (Å²) in [5.41, 5.74) is 0. The first-order valence-corrected chi connectivity index (χ1v) is 4.29. The summed E-state index contributed by atoms with van der Waals surface area (Å²) in [6.45, 7) is 10.7. The molecule has 0 saturated carbocycles. The van der Waals surface area contributed by atoms with E-state index in [0.717, 1.165) is 0 Å². The van der Waals surface area contributed by atoms with Crippen molar-refractivity contribution < 1.29 is 14.6 Å². The van der Waals surface area contributed by atoms with E-state index in [1.165, 1.54) is 6.08 Å². The van der Waals surface area contributed by atoms with Crippen molar-refractivity contribution in [1.82, 2.24) is 0 Å². The predicted octanol–water partition coefficient (Wildman–Crippen LogP) is 1.24. The van der Waals surface area contributed by atoms with Gasteiger partial charge in [-0.15, -0.1) is 13.2 Å². The highest BCUT2D eigenvalue weighted by atomic mass is 16.8. The first-order chi connectivity index (χ1) is 6.00. The minimum atomic E-state index is -0.718. The molecular formula is C10H16O3. The van der Waals surface area contributed by atoms with Crippen LogP contribution in [0.2, 0.25) is 0 Å². The molecule has 3 atom stereocenters. The zero-order chi connectivity index (χ0) is 10.1. The second-order valence-electron chi connectivity index (χ2n) is 3.53. The maximum atomic E-state index is 9.52. The van der Waals surface area contributed by atoms with Gasteiger partial charge in [-0.25, -0.2) is 0 Å². The molecule has 1 rings (SSSR count). The summed E-state index contributed by atoms with van der Waals surface area (Å²) in [7, 11) is 0. The van der Waals surface area contributed by atoms with E-state index in [-0.39, 0.29) is 6.10 Å². The van der Waals surface area contributed by atoms with Gasteiger partial charge in [0.2, 0.25) is 0 Å². The van der Waals surface area contributed by atoms with Crippen molar-refractivity contribution in [1.29, 1.82) is 0 Å². The lowest BCUT2D eigenvalue weighted by atomic mass is 10.1. The second-order valence-corrected chi connectivity index (χ2v) is 3.53. The Balaban J connectivity index is 2.74. The first-order valence-electron chi connectivity index (χ1n) is 4.29. The van der Waals surface area contributed by atoms with Crippen molar-refractivity contribution in [3.63, 3.8) is 0 Å². The lowest BCUT2D eigenvalue weighted by Crippen LogP contribution is -2.32. The fourth-order valence-electron chi connectivity index (χ4n) is 1.40. The van der Waals surface area contributed by atoms with Crippen molar-refractivity contribution in [3.8, 4) is 0 Å². The summed E-state index contributed by atoms with van der Waals surface area (Å²) < 4.78 is 11.0. The van der Waals surface area contributed by atoms with Gasteiger partial charge in [0.15, 0.2) is 5.79 Å². The molecule has 1 saturated heterocycles. The van der Waals surface area contributed by atoms with Gasteiger partial charge >= 0.3 is 0 Å². The molecule has 1 aliphatic heterocycles. The molecule has 0 aromatic carbocycles. The van der Waals surface area contributed by atoms with Gasteiger partial charge in [-0.3, -0.25) is 0 Å². The number of hydrogen-bond acceptors (Lipinski definition) is 3. The quantitative estimate of drug-likeness (QED) is 0.671. The van der Waals surface area contributed by atoms with Crippen LogP contribution in [0.15, 0.2) is 25.3 Å². The number of aliphatic hydroxyl groups excluding tert-OH is 1. The molecular weight excluding hydrogens is 168 g/mol. The van der Waals surface area contributed by atoms with Crippen LogP contribution in [-0.4, -0.2) is 29.2 Å². The van der Waals surface area contributed by atoms with Crippen LogP contribution in [0.1, 0.15) is 13.8 Å². The highest BCUT2D eigenvalue weighted by Crippen LogP contribution is 2.30. The van der Waals surface area contributed by atoms with Gasteiger partial charge in [0.05, 0.1) is 0 Å². The number of aliphatic hydroxyl groups is 1. The number of ether oxygens (including phenoxy) is 2. The van der Waals surface area contributed by atoms with Crippen molar-refractivity contribution in [2.75, 3.05) is 0 Å². The third-order valence-electron chi connectivity index (χ3n) is 1.97. The lowest BCUT2D eigenvalue weighted by molar-refractivity contribution is -0.150. The molecule has 3 heteroatoms. The molecule has 1 fully saturated rings. The fraction of sp³-hybridized carbons (Fsp3) is 0.600. The average Bonchev–Trinajstić information content (AvgIpc) is 2.39. The number of rotatable bonds is 3. The standard InChI is InChI=1S/C10H16O3/c1-5-7(11)9-8(6-2)12-10(3,4)13-9/h5-9,11H,1-2H2,3-4H3/t7-,8?,9?/m0/s1. The Morgan fingerprint density at radius 2 is 2.00 bits per heavy atom. The molecule has 0 aromatic rings. The summed E-state index contributed by atoms with van der Waals surface area (Å²) in [6.07, 6.45) is 1.68. The Labute approximate surface area is 78.7 Å². The van der Waals surface area contributed by atoms with Gasteiger partial charge in [-0.2, -0.15) is 0 Å². The Hall–Kier alpha value is -0.640. The normalized spacial score (nSPS) is 34.1. The van der Waals surface area contributed by atoms with Crippen LogP contribution >= 0.6 is 0 Å². The molecule has 1 heterocycles. The molecule has 0 aromatic heterocycles. The molecule has 74 valence electrons. The second kappa shape index (κ2) is 3.62. The van der Waals surface area contributed by atoms with E-state index >= 15 is 0 Å². The molecule has 0 aliphatic carbocycles. The van der Waals surface area contributed by atoms with Gasteiger partial charge in [0, 0.05) is 0 Å². The van der Waals surface area contributed by atoms with Crippen LogP contribution in [0, 0.1) is 0 Å². The molecule has 1 N–H and O–H groups in total. The Morgan fingerprint density at radius 3 is 2.46 bits per heavy atom. The largest absolute Gasteiger partial charge is 0.386 e. The number of hydrogen-bond donors (Lipinski definition) is 1. The van der Waals surface area contributed by atoms with Crippen LogP contribution < -0.4 is 0 Å². The smallest absolute Gasteiger partial charge is 0.164 e. The van der Waals surface area contributed by atoms with Crippen molar-refractivity contribution in [2.24, 2.45) is 0 Å². The van der Waals surface area contributed by atoms with Crippen molar-refractivity contribution >= 4 is 0 Å². The van der Waals surface area contributed by atoms with E-state index in [4.69, 9.17) is 9.47 Å². The SMILES string of the molecule is C=CC1OC(C)(C)OC1[C@@H](O)C=C. The van der Waals surface area contributed by atoms with E-state index in [1.807, 2.05) is 0 Å². The third-order valence-corrected chi connectivity index (χ3v) is 1.97. The van der Waals surface area contributed by atoms with Crippen molar-refractivity contribution in [2.45, 2.75) is 37.9 Å². The summed E-state index contributed by atoms with van der Waals surface area (Å²) in [5, 5.41) is 9.52. The Kier molecular flexibility index (Phi) is 2.91. The molecule has 0 bridgehead atoms. The Morgan fingerprint density at radius 1 is 1.38 bits per heavy atom. The summed E-state index contributed by atoms with van der Waals surface area (Å²) in [4.78, 5) is 0. The summed E-state index contributed by atoms with van der Waals surface area (Å²) in [5.74, 6) is -0.659. The third kappa shape index (κ3) is 2.18. The highest BCUT2D eigenvalue weighted by molar-refractivity contribution is 5.00. The maximum absolute atomic E-state index is 9.52. The van der Waals surface area contributed by atoms with Crippen LogP contribution in [0.3, 0.4) is 0 Å². The van der Waals surface area contributed by atoms with Gasteiger partial charge < -0.3 is 14.6 Å². The van der Waals surface area contributed by atoms with Crippen LogP contribution in [0.25, 0.3) is 0 Å². The molecule has 2 unspecified atom stereocenters. The van der Waals surface area contributed by atoms with Gasteiger partial charge in [-0.05, 0) is 13.8 Å². The molecule has 0 spiro atoms. The minimum absolute atomic E-state index is 0.275. The topological polar surface area (TPSA) is 38.7 Å². The monoisotopic (exact) mass is 184 g/mol. The van der Waals surface area contributed by atoms with Crippen LogP contribution in [0.4, 0.5) is 0 Å². The zero-order valence-electron chi connectivity index (χ0n) is 8.06. The Bertz CT molecular complexity index is 210. The summed E-state index contributed by atoms with van der Waals surface area (Å²) in [6, 6.07) is 0. The molecule has 1 aliphatic rings. The fourth-order valence-corrected chi connectivity index (χ4v) is 1.40. The maximum Gasteiger partial charge on any atom is 0.164 e.